The summed E-state index contributed by atoms with van der Waals surface area (Å²) in [4.78, 5) is 26.2. The number of amides is 1. The Labute approximate surface area is 199 Å². The van der Waals surface area contributed by atoms with Gasteiger partial charge in [-0.15, -0.1) is 0 Å². The number of benzene rings is 3. The van der Waals surface area contributed by atoms with E-state index in [1.54, 1.807) is 56.3 Å². The lowest BCUT2D eigenvalue weighted by Gasteiger charge is -2.27. The number of aliphatic carboxylic acids is 1. The van der Waals surface area contributed by atoms with Gasteiger partial charge in [0.1, 0.15) is 6.04 Å². The predicted molar refractivity (Wildman–Crippen MR) is 131 cm³/mol. The lowest BCUT2D eigenvalue weighted by atomic mass is 10.00. The summed E-state index contributed by atoms with van der Waals surface area (Å²) in [5.41, 5.74) is 3.95. The number of nitrogens with zero attached hydrogens (tertiary/aromatic N) is 2. The third-order valence-corrected chi connectivity index (χ3v) is 7.00. The molecule has 1 aliphatic rings. The third kappa shape index (κ3) is 4.41. The molecule has 0 radical (unpaired) electrons. The molecule has 0 aromatic heterocycles. The van der Waals surface area contributed by atoms with E-state index >= 15 is 0 Å². The maximum absolute atomic E-state index is 13.0. The van der Waals surface area contributed by atoms with Gasteiger partial charge in [-0.05, 0) is 52.9 Å². The molecule has 1 atom stereocenters. The zero-order valence-electron chi connectivity index (χ0n) is 19.2. The molecule has 0 saturated carbocycles. The predicted octanol–water partition coefficient (Wildman–Crippen LogP) is 4.52. The largest absolute Gasteiger partial charge is 0.480 e. The van der Waals surface area contributed by atoms with E-state index in [1.165, 1.54) is 9.21 Å². The average Bonchev–Trinajstić information content (AvgIpc) is 3.09. The highest BCUT2D eigenvalue weighted by molar-refractivity contribution is 7.92. The molecule has 1 N–H and O–H groups in total. The van der Waals surface area contributed by atoms with Gasteiger partial charge in [0.15, 0.2) is 0 Å². The van der Waals surface area contributed by atoms with E-state index in [4.69, 9.17) is 0 Å². The normalized spacial score (nSPS) is 14.2. The van der Waals surface area contributed by atoms with Gasteiger partial charge < -0.3 is 10.0 Å². The molecule has 176 valence electrons. The standard InChI is InChI=1S/C26H26N2O5S/c1-17(2)24(26(30)31)27-16-20-10-9-19(15-23(20)25(27)29)18-11-13-22(14-12-18)28(34(3,32)33)21-7-5-4-6-8-21/h4-15,17,24H,16H2,1-3H3,(H,30,31). The van der Waals surface area contributed by atoms with Gasteiger partial charge in [-0.2, -0.15) is 0 Å². The van der Waals surface area contributed by atoms with Crippen LogP contribution in [0.5, 0.6) is 0 Å². The Bertz CT molecular complexity index is 1340. The minimum Gasteiger partial charge on any atom is -0.480 e. The van der Waals surface area contributed by atoms with Crippen LogP contribution in [-0.4, -0.2) is 42.6 Å². The molecule has 1 aliphatic heterocycles. The molecule has 3 aromatic rings. The lowest BCUT2D eigenvalue weighted by molar-refractivity contribution is -0.144. The zero-order chi connectivity index (χ0) is 24.6. The van der Waals surface area contributed by atoms with Crippen LogP contribution in [0, 0.1) is 5.92 Å². The van der Waals surface area contributed by atoms with Crippen molar-refractivity contribution in [3.8, 4) is 11.1 Å². The van der Waals surface area contributed by atoms with Crippen LogP contribution in [0.2, 0.25) is 0 Å². The first-order valence-corrected chi connectivity index (χ1v) is 12.7. The van der Waals surface area contributed by atoms with E-state index in [0.717, 1.165) is 22.9 Å². The minimum atomic E-state index is -3.56. The monoisotopic (exact) mass is 478 g/mol. The zero-order valence-corrected chi connectivity index (χ0v) is 20.0. The van der Waals surface area contributed by atoms with Crippen LogP contribution in [0.1, 0.15) is 29.8 Å². The van der Waals surface area contributed by atoms with Crippen molar-refractivity contribution in [3.63, 3.8) is 0 Å². The van der Waals surface area contributed by atoms with Crippen LogP contribution in [0.15, 0.2) is 72.8 Å². The number of carboxylic acid groups (broad SMARTS) is 1. The number of hydrogen-bond acceptors (Lipinski definition) is 4. The second kappa shape index (κ2) is 8.95. The fourth-order valence-corrected chi connectivity index (χ4v) is 5.40. The molecule has 1 amide bonds. The van der Waals surface area contributed by atoms with Gasteiger partial charge in [0.2, 0.25) is 10.0 Å². The Morgan fingerprint density at radius 1 is 0.941 bits per heavy atom. The third-order valence-electron chi connectivity index (χ3n) is 5.92. The Morgan fingerprint density at radius 2 is 1.53 bits per heavy atom. The van der Waals surface area contributed by atoms with Crippen molar-refractivity contribution < 1.29 is 23.1 Å². The topological polar surface area (TPSA) is 95.0 Å². The van der Waals surface area contributed by atoms with Crippen molar-refractivity contribution in [2.24, 2.45) is 5.92 Å². The average molecular weight is 479 g/mol. The van der Waals surface area contributed by atoms with E-state index in [1.807, 2.05) is 30.3 Å². The molecular weight excluding hydrogens is 452 g/mol. The smallest absolute Gasteiger partial charge is 0.326 e. The van der Waals surface area contributed by atoms with Crippen LogP contribution >= 0.6 is 0 Å². The van der Waals surface area contributed by atoms with E-state index in [2.05, 4.69) is 0 Å². The first kappa shape index (κ1) is 23.5. The van der Waals surface area contributed by atoms with Crippen molar-refractivity contribution in [1.29, 1.82) is 0 Å². The fraction of sp³-hybridized carbons (Fsp3) is 0.231. The molecule has 4 rings (SSSR count). The van der Waals surface area contributed by atoms with Crippen molar-refractivity contribution >= 4 is 33.3 Å². The van der Waals surface area contributed by atoms with Gasteiger partial charge in [0, 0.05) is 12.1 Å². The molecule has 8 heteroatoms. The molecule has 1 heterocycles. The van der Waals surface area contributed by atoms with Crippen LogP contribution in [0.4, 0.5) is 11.4 Å². The highest BCUT2D eigenvalue weighted by Crippen LogP contribution is 2.33. The molecule has 0 saturated heterocycles. The summed E-state index contributed by atoms with van der Waals surface area (Å²) in [6, 6.07) is 20.5. The Morgan fingerprint density at radius 3 is 2.09 bits per heavy atom. The fourth-order valence-electron chi connectivity index (χ4n) is 4.39. The number of fused-ring (bicyclic) bond motifs is 1. The summed E-state index contributed by atoms with van der Waals surface area (Å²) in [5.74, 6) is -1.52. The quantitative estimate of drug-likeness (QED) is 0.539. The van der Waals surface area contributed by atoms with Gasteiger partial charge in [0.05, 0.1) is 17.6 Å². The Balaban J connectivity index is 1.65. The first-order valence-electron chi connectivity index (χ1n) is 10.9. The molecule has 0 bridgehead atoms. The summed E-state index contributed by atoms with van der Waals surface area (Å²) in [7, 11) is -3.56. The number of anilines is 2. The van der Waals surface area contributed by atoms with Crippen LogP contribution < -0.4 is 4.31 Å². The molecule has 34 heavy (non-hydrogen) atoms. The van der Waals surface area contributed by atoms with Gasteiger partial charge in [0.25, 0.3) is 5.91 Å². The van der Waals surface area contributed by atoms with Crippen LogP contribution in [-0.2, 0) is 21.4 Å². The molecule has 1 unspecified atom stereocenters. The van der Waals surface area contributed by atoms with E-state index in [-0.39, 0.29) is 18.4 Å². The van der Waals surface area contributed by atoms with Gasteiger partial charge in [-0.1, -0.05) is 56.3 Å². The molecule has 0 spiro atoms. The highest BCUT2D eigenvalue weighted by Gasteiger charge is 2.38. The summed E-state index contributed by atoms with van der Waals surface area (Å²) >= 11 is 0. The van der Waals surface area contributed by atoms with Crippen LogP contribution in [0.3, 0.4) is 0 Å². The van der Waals surface area contributed by atoms with Crippen molar-refractivity contribution in [2.75, 3.05) is 10.6 Å². The Kier molecular flexibility index (Phi) is 6.18. The maximum Gasteiger partial charge on any atom is 0.326 e. The number of carbonyl (C=O) groups excluding carboxylic acids is 1. The number of sulfonamides is 1. The Hall–Kier alpha value is -3.65. The number of carbonyl (C=O) groups is 2. The van der Waals surface area contributed by atoms with E-state index < -0.39 is 22.0 Å². The SMILES string of the molecule is CC(C)C(C(=O)O)N1Cc2ccc(-c3ccc(N(c4ccccc4)S(C)(=O)=O)cc3)cc2C1=O. The van der Waals surface area contributed by atoms with Crippen molar-refractivity contribution in [3.05, 3.63) is 83.9 Å². The molecular formula is C26H26N2O5S. The number of hydrogen-bond donors (Lipinski definition) is 1. The van der Waals surface area contributed by atoms with Crippen molar-refractivity contribution in [1.82, 2.24) is 4.90 Å². The summed E-state index contributed by atoms with van der Waals surface area (Å²) < 4.78 is 26.2. The van der Waals surface area contributed by atoms with Gasteiger partial charge in [-0.25, -0.2) is 17.5 Å². The molecule has 0 fully saturated rings. The minimum absolute atomic E-state index is 0.217. The number of rotatable bonds is 7. The highest BCUT2D eigenvalue weighted by atomic mass is 32.2. The maximum atomic E-state index is 13.0. The van der Waals surface area contributed by atoms with E-state index in [9.17, 15) is 23.1 Å². The number of carboxylic acids is 1. The molecule has 0 aliphatic carbocycles. The van der Waals surface area contributed by atoms with Gasteiger partial charge >= 0.3 is 5.97 Å². The van der Waals surface area contributed by atoms with Gasteiger partial charge in [-0.3, -0.25) is 4.79 Å². The molecule has 7 nitrogen and oxygen atoms in total. The second-order valence-corrected chi connectivity index (χ2v) is 10.6. The molecule has 3 aromatic carbocycles. The summed E-state index contributed by atoms with van der Waals surface area (Å²) in [5, 5.41) is 9.60. The van der Waals surface area contributed by atoms with Crippen LogP contribution in [0.25, 0.3) is 11.1 Å². The van der Waals surface area contributed by atoms with E-state index in [0.29, 0.717) is 16.9 Å². The number of para-hydroxylation sites is 1. The lowest BCUT2D eigenvalue weighted by Crippen LogP contribution is -2.44. The summed E-state index contributed by atoms with van der Waals surface area (Å²) in [6.45, 7) is 3.84. The second-order valence-electron chi connectivity index (χ2n) is 8.74. The summed E-state index contributed by atoms with van der Waals surface area (Å²) in [6.07, 6.45) is 1.16. The first-order chi connectivity index (χ1) is 16.1. The van der Waals surface area contributed by atoms with Crippen molar-refractivity contribution in [2.45, 2.75) is 26.4 Å².